The molecule has 0 rings (SSSR count). The standard InChI is InChI=1S/C14H30N2O5S/c1-15-4-6-18-8-10-20-12-13-21-11-9-19-7-5-16(2)14(17)22-3/h15H,4-13H2,1-3H3. The van der Waals surface area contributed by atoms with E-state index >= 15 is 0 Å². The van der Waals surface area contributed by atoms with Crippen LogP contribution in [0.25, 0.3) is 0 Å². The first-order valence-electron chi connectivity index (χ1n) is 7.47. The van der Waals surface area contributed by atoms with Gasteiger partial charge in [-0.05, 0) is 13.3 Å². The first kappa shape index (κ1) is 21.6. The Morgan fingerprint density at radius 1 is 0.909 bits per heavy atom. The van der Waals surface area contributed by atoms with Crippen LogP contribution in [0.2, 0.25) is 0 Å². The van der Waals surface area contributed by atoms with Gasteiger partial charge in [-0.1, -0.05) is 11.8 Å². The molecule has 0 aliphatic heterocycles. The van der Waals surface area contributed by atoms with E-state index in [0.717, 1.165) is 6.54 Å². The number of carbonyl (C=O) groups excluding carboxylic acids is 1. The van der Waals surface area contributed by atoms with Crippen molar-refractivity contribution in [1.29, 1.82) is 0 Å². The SMILES string of the molecule is CNCCOCCOCCOCCOCCN(C)C(=O)SC. The lowest BCUT2D eigenvalue weighted by Crippen LogP contribution is -2.27. The van der Waals surface area contributed by atoms with Crippen molar-refractivity contribution in [2.75, 3.05) is 86.3 Å². The molecule has 1 N–H and O–H groups in total. The molecule has 0 unspecified atom stereocenters. The van der Waals surface area contributed by atoms with Crippen molar-refractivity contribution in [3.05, 3.63) is 0 Å². The van der Waals surface area contributed by atoms with Crippen LogP contribution in [-0.2, 0) is 18.9 Å². The molecule has 8 heteroatoms. The summed E-state index contributed by atoms with van der Waals surface area (Å²) in [4.78, 5) is 12.9. The molecule has 1 amide bonds. The van der Waals surface area contributed by atoms with Gasteiger partial charge in [-0.2, -0.15) is 0 Å². The molecule has 132 valence electrons. The van der Waals surface area contributed by atoms with Crippen LogP contribution in [0.4, 0.5) is 4.79 Å². The molecule has 0 heterocycles. The molecule has 0 atom stereocenters. The quantitative estimate of drug-likeness (QED) is 0.441. The van der Waals surface area contributed by atoms with Crippen molar-refractivity contribution in [2.24, 2.45) is 0 Å². The van der Waals surface area contributed by atoms with Crippen LogP contribution >= 0.6 is 11.8 Å². The Balaban J connectivity index is 3.10. The zero-order chi connectivity index (χ0) is 16.5. The zero-order valence-electron chi connectivity index (χ0n) is 14.0. The Morgan fingerprint density at radius 3 is 1.82 bits per heavy atom. The van der Waals surface area contributed by atoms with Gasteiger partial charge in [-0.15, -0.1) is 0 Å². The number of nitrogens with one attached hydrogen (secondary N) is 1. The summed E-state index contributed by atoms with van der Waals surface area (Å²) in [7, 11) is 3.65. The lowest BCUT2D eigenvalue weighted by molar-refractivity contribution is -0.00213. The Hall–Kier alpha value is -0.380. The fraction of sp³-hybridized carbons (Fsp3) is 0.929. The second-order valence-electron chi connectivity index (χ2n) is 4.44. The number of ether oxygens (including phenoxy) is 4. The number of carbonyl (C=O) groups is 1. The summed E-state index contributed by atoms with van der Waals surface area (Å²) in [6, 6.07) is 0. The highest BCUT2D eigenvalue weighted by Gasteiger charge is 2.05. The molecule has 0 saturated heterocycles. The van der Waals surface area contributed by atoms with Crippen LogP contribution in [0.5, 0.6) is 0 Å². The molecule has 0 aromatic carbocycles. The Kier molecular flexibility index (Phi) is 16.7. The maximum atomic E-state index is 11.3. The first-order chi connectivity index (χ1) is 10.7. The summed E-state index contributed by atoms with van der Waals surface area (Å²) in [5.74, 6) is 0. The Labute approximate surface area is 138 Å². The van der Waals surface area contributed by atoms with Gasteiger partial charge in [-0.25, -0.2) is 0 Å². The smallest absolute Gasteiger partial charge is 0.281 e. The van der Waals surface area contributed by atoms with Crippen LogP contribution < -0.4 is 5.32 Å². The summed E-state index contributed by atoms with van der Waals surface area (Å²) >= 11 is 1.20. The van der Waals surface area contributed by atoms with E-state index in [2.05, 4.69) is 5.32 Å². The zero-order valence-corrected chi connectivity index (χ0v) is 14.8. The van der Waals surface area contributed by atoms with Gasteiger partial charge in [-0.3, -0.25) is 4.79 Å². The molecule has 0 spiro atoms. The van der Waals surface area contributed by atoms with Gasteiger partial charge >= 0.3 is 0 Å². The molecule has 0 radical (unpaired) electrons. The minimum Gasteiger partial charge on any atom is -0.378 e. The normalized spacial score (nSPS) is 10.9. The van der Waals surface area contributed by atoms with Gasteiger partial charge in [0.2, 0.25) is 0 Å². The van der Waals surface area contributed by atoms with Gasteiger partial charge in [0.1, 0.15) is 0 Å². The van der Waals surface area contributed by atoms with Crippen molar-refractivity contribution in [1.82, 2.24) is 10.2 Å². The molecule has 0 aromatic heterocycles. The molecule has 7 nitrogen and oxygen atoms in total. The lowest BCUT2D eigenvalue weighted by atomic mass is 10.6. The van der Waals surface area contributed by atoms with Crippen molar-refractivity contribution in [3.8, 4) is 0 Å². The van der Waals surface area contributed by atoms with E-state index in [4.69, 9.17) is 18.9 Å². The fourth-order valence-corrected chi connectivity index (χ4v) is 1.79. The van der Waals surface area contributed by atoms with E-state index in [-0.39, 0.29) is 5.24 Å². The number of thioether (sulfide) groups is 1. The number of hydrogen-bond acceptors (Lipinski definition) is 7. The highest BCUT2D eigenvalue weighted by molar-refractivity contribution is 8.12. The van der Waals surface area contributed by atoms with Crippen LogP contribution in [0.3, 0.4) is 0 Å². The monoisotopic (exact) mass is 338 g/mol. The minimum atomic E-state index is 0.0481. The molecular formula is C14H30N2O5S. The van der Waals surface area contributed by atoms with Gasteiger partial charge in [0.15, 0.2) is 0 Å². The molecule has 0 bridgehead atoms. The van der Waals surface area contributed by atoms with E-state index in [1.165, 1.54) is 11.8 Å². The van der Waals surface area contributed by atoms with Crippen LogP contribution in [-0.4, -0.2) is 96.4 Å². The second-order valence-corrected chi connectivity index (χ2v) is 5.20. The van der Waals surface area contributed by atoms with Crippen molar-refractivity contribution < 1.29 is 23.7 Å². The predicted molar refractivity (Wildman–Crippen MR) is 88.7 cm³/mol. The third-order valence-corrected chi connectivity index (χ3v) is 3.33. The molecule has 22 heavy (non-hydrogen) atoms. The van der Waals surface area contributed by atoms with E-state index < -0.39 is 0 Å². The molecule has 0 aliphatic rings. The Bertz CT molecular complexity index is 259. The summed E-state index contributed by atoms with van der Waals surface area (Å²) in [5.41, 5.74) is 0. The highest BCUT2D eigenvalue weighted by Crippen LogP contribution is 2.00. The number of rotatable bonds is 15. The summed E-state index contributed by atoms with van der Waals surface area (Å²) < 4.78 is 21.4. The third kappa shape index (κ3) is 14.6. The number of likely N-dealkylation sites (N-methyl/N-ethyl adjacent to an activating group) is 2. The first-order valence-corrected chi connectivity index (χ1v) is 8.69. The maximum Gasteiger partial charge on any atom is 0.281 e. The van der Waals surface area contributed by atoms with Crippen LogP contribution in [0.1, 0.15) is 0 Å². The van der Waals surface area contributed by atoms with E-state index in [1.54, 1.807) is 18.2 Å². The summed E-state index contributed by atoms with van der Waals surface area (Å²) in [5, 5.41) is 3.05. The van der Waals surface area contributed by atoms with Crippen LogP contribution in [0, 0.1) is 0 Å². The topological polar surface area (TPSA) is 69.3 Å². The van der Waals surface area contributed by atoms with Crippen molar-refractivity contribution in [3.63, 3.8) is 0 Å². The van der Waals surface area contributed by atoms with Gasteiger partial charge in [0.25, 0.3) is 5.24 Å². The molecule has 0 aromatic rings. The second kappa shape index (κ2) is 17.0. The molecule has 0 saturated carbocycles. The number of amides is 1. The lowest BCUT2D eigenvalue weighted by Gasteiger charge is -2.15. The van der Waals surface area contributed by atoms with Crippen LogP contribution in [0.15, 0.2) is 0 Å². The average molecular weight is 338 g/mol. The molecule has 0 aliphatic carbocycles. The Morgan fingerprint density at radius 2 is 1.36 bits per heavy atom. The van der Waals surface area contributed by atoms with Crippen molar-refractivity contribution in [2.45, 2.75) is 0 Å². The van der Waals surface area contributed by atoms with E-state index in [1.807, 2.05) is 7.05 Å². The summed E-state index contributed by atoms with van der Waals surface area (Å²) in [6.45, 7) is 6.01. The predicted octanol–water partition coefficient (Wildman–Crippen LogP) is 0.687. The van der Waals surface area contributed by atoms with Gasteiger partial charge in [0, 0.05) is 20.1 Å². The highest BCUT2D eigenvalue weighted by atomic mass is 32.2. The third-order valence-electron chi connectivity index (χ3n) is 2.67. The minimum absolute atomic E-state index is 0.0481. The molecule has 0 fully saturated rings. The van der Waals surface area contributed by atoms with Gasteiger partial charge in [0.05, 0.1) is 52.9 Å². The summed E-state index contributed by atoms with van der Waals surface area (Å²) in [6.07, 6.45) is 1.77. The van der Waals surface area contributed by atoms with E-state index in [0.29, 0.717) is 59.4 Å². The fourth-order valence-electron chi connectivity index (χ4n) is 1.38. The average Bonchev–Trinajstić information content (AvgIpc) is 2.54. The largest absolute Gasteiger partial charge is 0.378 e. The number of hydrogen-bond donors (Lipinski definition) is 1. The van der Waals surface area contributed by atoms with E-state index in [9.17, 15) is 4.79 Å². The molecular weight excluding hydrogens is 308 g/mol. The number of nitrogens with zero attached hydrogens (tertiary/aromatic N) is 1. The van der Waals surface area contributed by atoms with Crippen molar-refractivity contribution >= 4 is 17.0 Å². The van der Waals surface area contributed by atoms with Gasteiger partial charge < -0.3 is 29.2 Å². The maximum absolute atomic E-state index is 11.3.